The molecule has 0 radical (unpaired) electrons. The van der Waals surface area contributed by atoms with Gasteiger partial charge in [-0.1, -0.05) is 42.5 Å². The van der Waals surface area contributed by atoms with Crippen molar-refractivity contribution in [2.45, 2.75) is 31.0 Å². The average molecular weight is 443 g/mol. The molecule has 3 rings (SSSR count). The molecule has 168 valence electrons. The first-order valence-corrected chi connectivity index (χ1v) is 10.0. The van der Waals surface area contributed by atoms with Crippen LogP contribution < -0.4 is 16.0 Å². The Morgan fingerprint density at radius 3 is 2.38 bits per heavy atom. The second-order valence-corrected chi connectivity index (χ2v) is 7.47. The number of hydrogen-bond acceptors (Lipinski definition) is 4. The topological polar surface area (TPSA) is 108 Å². The normalized spacial score (nSPS) is 19.9. The van der Waals surface area contributed by atoms with Gasteiger partial charge in [-0.2, -0.15) is 0 Å². The van der Waals surface area contributed by atoms with Crippen LogP contribution in [-0.2, 0) is 14.4 Å². The van der Waals surface area contributed by atoms with Gasteiger partial charge >= 0.3 is 0 Å². The van der Waals surface area contributed by atoms with Crippen LogP contribution in [0.2, 0.25) is 0 Å². The predicted octanol–water partition coefficient (Wildman–Crippen LogP) is 1.46. The van der Waals surface area contributed by atoms with Crippen molar-refractivity contribution in [3.63, 3.8) is 0 Å². The summed E-state index contributed by atoms with van der Waals surface area (Å²) in [5.41, 5.74) is 0.727. The summed E-state index contributed by atoms with van der Waals surface area (Å²) in [6, 6.07) is 9.74. The van der Waals surface area contributed by atoms with Crippen molar-refractivity contribution in [3.8, 4) is 0 Å². The number of rotatable bonds is 6. The van der Waals surface area contributed by atoms with Gasteiger partial charge in [0.05, 0.1) is 0 Å². The second-order valence-electron chi connectivity index (χ2n) is 7.47. The number of halogens is 2. The summed E-state index contributed by atoms with van der Waals surface area (Å²) in [7, 11) is 0. The fourth-order valence-corrected chi connectivity index (χ4v) is 3.28. The van der Waals surface area contributed by atoms with E-state index in [1.807, 2.05) is 36.4 Å². The molecule has 0 aliphatic carbocycles. The lowest BCUT2D eigenvalue weighted by molar-refractivity contribution is -0.134. The molecule has 4 atom stereocenters. The quantitative estimate of drug-likeness (QED) is 0.507. The second kappa shape index (κ2) is 10.1. The van der Waals surface area contributed by atoms with Crippen LogP contribution in [-0.4, -0.2) is 41.5 Å². The highest BCUT2D eigenvalue weighted by molar-refractivity contribution is 5.93. The third-order valence-corrected chi connectivity index (χ3v) is 5.04. The molecule has 3 amide bonds. The first-order valence-electron chi connectivity index (χ1n) is 10.0. The SMILES string of the molecule is C[C@H](NC(=O)[C@H](O)c1cc(F)cc(F)c1)C(=O)N[C@H]1C=C[C@H](c2ccccc2)CNC1=O. The summed E-state index contributed by atoms with van der Waals surface area (Å²) in [6.45, 7) is 1.73. The summed E-state index contributed by atoms with van der Waals surface area (Å²) in [5.74, 6) is -4.03. The van der Waals surface area contributed by atoms with E-state index in [2.05, 4.69) is 16.0 Å². The van der Waals surface area contributed by atoms with Crippen molar-refractivity contribution < 1.29 is 28.3 Å². The Kier molecular flexibility index (Phi) is 7.32. The van der Waals surface area contributed by atoms with Gasteiger partial charge in [-0.15, -0.1) is 0 Å². The van der Waals surface area contributed by atoms with Crippen molar-refractivity contribution >= 4 is 17.7 Å². The predicted molar refractivity (Wildman–Crippen MR) is 112 cm³/mol. The molecule has 2 aromatic carbocycles. The van der Waals surface area contributed by atoms with Gasteiger partial charge in [0.15, 0.2) is 6.10 Å². The number of nitrogens with one attached hydrogen (secondary N) is 3. The molecule has 0 spiro atoms. The van der Waals surface area contributed by atoms with Gasteiger partial charge < -0.3 is 21.1 Å². The summed E-state index contributed by atoms with van der Waals surface area (Å²) in [5, 5.41) is 17.6. The third kappa shape index (κ3) is 5.76. The van der Waals surface area contributed by atoms with Gasteiger partial charge in [0.25, 0.3) is 5.91 Å². The number of benzene rings is 2. The number of aliphatic hydroxyl groups excluding tert-OH is 1. The summed E-state index contributed by atoms with van der Waals surface area (Å²) in [6.07, 6.45) is 1.53. The van der Waals surface area contributed by atoms with Crippen LogP contribution >= 0.6 is 0 Å². The van der Waals surface area contributed by atoms with E-state index >= 15 is 0 Å². The third-order valence-electron chi connectivity index (χ3n) is 5.04. The van der Waals surface area contributed by atoms with Gasteiger partial charge in [-0.25, -0.2) is 8.78 Å². The average Bonchev–Trinajstić information content (AvgIpc) is 2.94. The number of hydrogen-bond donors (Lipinski definition) is 4. The Labute approximate surface area is 183 Å². The Bertz CT molecular complexity index is 1010. The maximum atomic E-state index is 13.3. The molecule has 1 heterocycles. The zero-order chi connectivity index (χ0) is 23.3. The van der Waals surface area contributed by atoms with E-state index in [4.69, 9.17) is 0 Å². The molecule has 0 saturated carbocycles. The summed E-state index contributed by atoms with van der Waals surface area (Å²) in [4.78, 5) is 37.0. The Morgan fingerprint density at radius 2 is 1.72 bits per heavy atom. The molecule has 0 bridgehead atoms. The minimum Gasteiger partial charge on any atom is -0.378 e. The minimum atomic E-state index is -1.87. The number of amides is 3. The van der Waals surface area contributed by atoms with E-state index in [1.54, 1.807) is 6.08 Å². The van der Waals surface area contributed by atoms with Crippen LogP contribution in [0, 0.1) is 11.6 Å². The van der Waals surface area contributed by atoms with Gasteiger partial charge in [0, 0.05) is 18.5 Å². The molecule has 0 unspecified atom stereocenters. The van der Waals surface area contributed by atoms with E-state index in [0.29, 0.717) is 12.6 Å². The van der Waals surface area contributed by atoms with Crippen molar-refractivity contribution in [2.75, 3.05) is 6.54 Å². The van der Waals surface area contributed by atoms with E-state index in [9.17, 15) is 28.3 Å². The highest BCUT2D eigenvalue weighted by Crippen LogP contribution is 2.19. The lowest BCUT2D eigenvalue weighted by Crippen LogP contribution is -2.52. The standard InChI is InChI=1S/C23H23F2N3O4/c1-13(27-23(32)20(29)16-9-17(24)11-18(25)10-16)21(30)28-19-8-7-15(12-26-22(19)31)14-5-3-2-4-6-14/h2-11,13,15,19-20,29H,12H2,1H3,(H,26,31)(H,27,32)(H,28,30)/t13-,15-,19-,20+/m0/s1. The van der Waals surface area contributed by atoms with Gasteiger partial charge in [0.2, 0.25) is 11.8 Å². The van der Waals surface area contributed by atoms with Gasteiger partial charge in [-0.05, 0) is 30.2 Å². The van der Waals surface area contributed by atoms with Crippen molar-refractivity contribution in [1.82, 2.24) is 16.0 Å². The largest absolute Gasteiger partial charge is 0.378 e. The zero-order valence-corrected chi connectivity index (χ0v) is 17.2. The molecular weight excluding hydrogens is 420 g/mol. The molecule has 4 N–H and O–H groups in total. The summed E-state index contributed by atoms with van der Waals surface area (Å²) >= 11 is 0. The Balaban J connectivity index is 1.60. The highest BCUT2D eigenvalue weighted by atomic mass is 19.1. The zero-order valence-electron chi connectivity index (χ0n) is 17.2. The fraction of sp³-hybridized carbons (Fsp3) is 0.261. The van der Waals surface area contributed by atoms with Gasteiger partial charge in [-0.3, -0.25) is 14.4 Å². The lowest BCUT2D eigenvalue weighted by atomic mass is 9.99. The molecule has 2 aromatic rings. The molecule has 1 aliphatic heterocycles. The van der Waals surface area contributed by atoms with Crippen LogP contribution in [0.15, 0.2) is 60.7 Å². The van der Waals surface area contributed by atoms with Crippen LogP contribution in [0.4, 0.5) is 8.78 Å². The molecule has 0 saturated heterocycles. The number of carbonyl (C=O) groups excluding carboxylic acids is 3. The van der Waals surface area contributed by atoms with E-state index in [-0.39, 0.29) is 11.5 Å². The smallest absolute Gasteiger partial charge is 0.254 e. The first kappa shape index (κ1) is 23.1. The fourth-order valence-electron chi connectivity index (χ4n) is 3.28. The highest BCUT2D eigenvalue weighted by Gasteiger charge is 2.27. The van der Waals surface area contributed by atoms with Crippen LogP contribution in [0.25, 0.3) is 0 Å². The van der Waals surface area contributed by atoms with Crippen molar-refractivity contribution in [2.24, 2.45) is 0 Å². The molecule has 1 aliphatic rings. The monoisotopic (exact) mass is 443 g/mol. The van der Waals surface area contributed by atoms with Crippen LogP contribution in [0.5, 0.6) is 0 Å². The molecule has 32 heavy (non-hydrogen) atoms. The first-order chi connectivity index (χ1) is 15.2. The van der Waals surface area contributed by atoms with Gasteiger partial charge in [0.1, 0.15) is 23.7 Å². The van der Waals surface area contributed by atoms with Crippen LogP contribution in [0.3, 0.4) is 0 Å². The number of carbonyl (C=O) groups is 3. The molecule has 9 heteroatoms. The van der Waals surface area contributed by atoms with Crippen LogP contribution in [0.1, 0.15) is 30.1 Å². The number of aliphatic hydroxyl groups is 1. The molecule has 0 aromatic heterocycles. The summed E-state index contributed by atoms with van der Waals surface area (Å²) < 4.78 is 26.6. The van der Waals surface area contributed by atoms with E-state index < -0.39 is 47.5 Å². The minimum absolute atomic E-state index is 0.0546. The van der Waals surface area contributed by atoms with Crippen molar-refractivity contribution in [1.29, 1.82) is 0 Å². The van der Waals surface area contributed by atoms with E-state index in [0.717, 1.165) is 17.7 Å². The van der Waals surface area contributed by atoms with Crippen molar-refractivity contribution in [3.05, 3.63) is 83.4 Å². The maximum Gasteiger partial charge on any atom is 0.254 e. The lowest BCUT2D eigenvalue weighted by Gasteiger charge is -2.19. The Morgan fingerprint density at radius 1 is 1.06 bits per heavy atom. The van der Waals surface area contributed by atoms with E-state index in [1.165, 1.54) is 6.92 Å². The molecule has 7 nitrogen and oxygen atoms in total. The molecular formula is C23H23F2N3O4. The molecule has 0 fully saturated rings. The maximum absolute atomic E-state index is 13.3. The Hall–Kier alpha value is -3.59.